The topological polar surface area (TPSA) is 33.1 Å². The Morgan fingerprint density at radius 1 is 1.07 bits per heavy atom. The Labute approximate surface area is 87.0 Å². The van der Waals surface area contributed by atoms with E-state index < -0.39 is 6.17 Å². The third kappa shape index (κ3) is 2.13. The smallest absolute Gasteiger partial charge is 0.152 e. The third-order valence-electron chi connectivity index (χ3n) is 2.16. The van der Waals surface area contributed by atoms with E-state index in [9.17, 15) is 4.39 Å². The number of phenols is 1. The van der Waals surface area contributed by atoms with Crippen LogP contribution < -0.4 is 0 Å². The molecule has 15 heavy (non-hydrogen) atoms. The number of phenolic OH excluding ortho intramolecular Hbond substituents is 1. The Kier molecular flexibility index (Phi) is 2.63. The monoisotopic (exact) mass is 203 g/mol. The van der Waals surface area contributed by atoms with Gasteiger partial charge in [-0.2, -0.15) is 0 Å². The Morgan fingerprint density at radius 3 is 2.40 bits per heavy atom. The van der Waals surface area contributed by atoms with E-state index in [-0.39, 0.29) is 5.75 Å². The first-order valence-corrected chi connectivity index (χ1v) is 4.60. The molecule has 1 heterocycles. The van der Waals surface area contributed by atoms with Crippen molar-refractivity contribution in [3.63, 3.8) is 0 Å². The van der Waals surface area contributed by atoms with Crippen LogP contribution in [0, 0.1) is 0 Å². The van der Waals surface area contributed by atoms with E-state index in [0.717, 1.165) is 0 Å². The van der Waals surface area contributed by atoms with Gasteiger partial charge in [0, 0.05) is 18.0 Å². The highest BCUT2D eigenvalue weighted by molar-refractivity contribution is 5.32. The highest BCUT2D eigenvalue weighted by Crippen LogP contribution is 2.26. The summed E-state index contributed by atoms with van der Waals surface area (Å²) in [5, 5.41) is 9.07. The molecule has 0 radical (unpaired) electrons. The summed E-state index contributed by atoms with van der Waals surface area (Å²) in [5.41, 5.74) is 1.03. The molecule has 3 heteroatoms. The molecule has 2 rings (SSSR count). The minimum Gasteiger partial charge on any atom is -0.508 e. The predicted molar refractivity (Wildman–Crippen MR) is 55.3 cm³/mol. The SMILES string of the molecule is Oc1ccc(C(F)c2cccnc2)cc1. The quantitative estimate of drug-likeness (QED) is 0.814. The van der Waals surface area contributed by atoms with Crippen molar-refractivity contribution in [3.05, 3.63) is 59.9 Å². The van der Waals surface area contributed by atoms with Crippen molar-refractivity contribution in [2.75, 3.05) is 0 Å². The van der Waals surface area contributed by atoms with Gasteiger partial charge >= 0.3 is 0 Å². The summed E-state index contributed by atoms with van der Waals surface area (Å²) in [6.45, 7) is 0. The lowest BCUT2D eigenvalue weighted by Crippen LogP contribution is -1.94. The Hall–Kier alpha value is -1.90. The van der Waals surface area contributed by atoms with Gasteiger partial charge in [0.1, 0.15) is 5.75 Å². The highest BCUT2D eigenvalue weighted by Gasteiger charge is 2.11. The fourth-order valence-electron chi connectivity index (χ4n) is 1.36. The molecule has 0 saturated heterocycles. The van der Waals surface area contributed by atoms with E-state index in [2.05, 4.69) is 4.98 Å². The summed E-state index contributed by atoms with van der Waals surface area (Å²) >= 11 is 0. The molecule has 0 aliphatic rings. The van der Waals surface area contributed by atoms with Crippen molar-refractivity contribution in [1.82, 2.24) is 4.98 Å². The lowest BCUT2D eigenvalue weighted by molar-refractivity contribution is 0.400. The molecule has 0 aliphatic carbocycles. The van der Waals surface area contributed by atoms with Gasteiger partial charge in [0.15, 0.2) is 6.17 Å². The Balaban J connectivity index is 2.29. The van der Waals surface area contributed by atoms with Crippen LogP contribution in [0.15, 0.2) is 48.8 Å². The zero-order valence-corrected chi connectivity index (χ0v) is 7.97. The van der Waals surface area contributed by atoms with Gasteiger partial charge in [-0.05, 0) is 23.8 Å². The van der Waals surface area contributed by atoms with Crippen LogP contribution >= 0.6 is 0 Å². The molecule has 76 valence electrons. The van der Waals surface area contributed by atoms with Crippen LogP contribution in [0.3, 0.4) is 0 Å². The highest BCUT2D eigenvalue weighted by atomic mass is 19.1. The summed E-state index contributed by atoms with van der Waals surface area (Å²) in [6.07, 6.45) is 1.91. The van der Waals surface area contributed by atoms with E-state index >= 15 is 0 Å². The second-order valence-electron chi connectivity index (χ2n) is 3.24. The molecule has 0 bridgehead atoms. The van der Waals surface area contributed by atoms with Gasteiger partial charge in [0.25, 0.3) is 0 Å². The van der Waals surface area contributed by atoms with Gasteiger partial charge < -0.3 is 5.11 Å². The molecule has 1 unspecified atom stereocenters. The van der Waals surface area contributed by atoms with E-state index in [4.69, 9.17) is 5.11 Å². The molecule has 1 N–H and O–H groups in total. The molecule has 0 aliphatic heterocycles. The van der Waals surface area contributed by atoms with Gasteiger partial charge in [-0.3, -0.25) is 4.98 Å². The molecule has 2 aromatic rings. The zero-order valence-electron chi connectivity index (χ0n) is 7.97. The van der Waals surface area contributed by atoms with Crippen LogP contribution in [0.25, 0.3) is 0 Å². The molecule has 0 spiro atoms. The van der Waals surface area contributed by atoms with Crippen LogP contribution in [0.1, 0.15) is 17.3 Å². The number of pyridine rings is 1. The number of aromatic nitrogens is 1. The first-order valence-electron chi connectivity index (χ1n) is 4.60. The average molecular weight is 203 g/mol. The summed E-state index contributed by atoms with van der Waals surface area (Å²) in [7, 11) is 0. The molecular weight excluding hydrogens is 193 g/mol. The number of hydrogen-bond acceptors (Lipinski definition) is 2. The number of nitrogens with zero attached hydrogens (tertiary/aromatic N) is 1. The van der Waals surface area contributed by atoms with Crippen molar-refractivity contribution < 1.29 is 9.50 Å². The summed E-state index contributed by atoms with van der Waals surface area (Å²) in [6, 6.07) is 9.45. The molecule has 0 fully saturated rings. The number of hydrogen-bond donors (Lipinski definition) is 1. The predicted octanol–water partition coefficient (Wildman–Crippen LogP) is 2.85. The van der Waals surface area contributed by atoms with Crippen molar-refractivity contribution in [2.24, 2.45) is 0 Å². The molecule has 1 atom stereocenters. The number of alkyl halides is 1. The normalized spacial score (nSPS) is 12.3. The number of benzene rings is 1. The van der Waals surface area contributed by atoms with Crippen molar-refractivity contribution in [1.29, 1.82) is 0 Å². The molecular formula is C12H10FNO. The van der Waals surface area contributed by atoms with E-state index in [0.29, 0.717) is 11.1 Å². The van der Waals surface area contributed by atoms with E-state index in [1.165, 1.54) is 18.3 Å². The first-order chi connectivity index (χ1) is 7.27. The lowest BCUT2D eigenvalue weighted by atomic mass is 10.0. The van der Waals surface area contributed by atoms with Crippen LogP contribution in [0.4, 0.5) is 4.39 Å². The minimum absolute atomic E-state index is 0.136. The summed E-state index contributed by atoms with van der Waals surface area (Å²) in [5.74, 6) is 0.136. The van der Waals surface area contributed by atoms with Crippen molar-refractivity contribution >= 4 is 0 Å². The minimum atomic E-state index is -1.20. The van der Waals surface area contributed by atoms with Crippen LogP contribution in [0.2, 0.25) is 0 Å². The second kappa shape index (κ2) is 4.09. The molecule has 1 aromatic carbocycles. The van der Waals surface area contributed by atoms with Crippen molar-refractivity contribution in [2.45, 2.75) is 6.17 Å². The fourth-order valence-corrected chi connectivity index (χ4v) is 1.36. The lowest BCUT2D eigenvalue weighted by Gasteiger charge is -2.07. The van der Waals surface area contributed by atoms with Crippen LogP contribution in [0.5, 0.6) is 5.75 Å². The van der Waals surface area contributed by atoms with Crippen LogP contribution in [-0.2, 0) is 0 Å². The average Bonchev–Trinajstić information content (AvgIpc) is 2.30. The van der Waals surface area contributed by atoms with Gasteiger partial charge in [-0.15, -0.1) is 0 Å². The Bertz CT molecular complexity index is 427. The fraction of sp³-hybridized carbons (Fsp3) is 0.0833. The van der Waals surface area contributed by atoms with Gasteiger partial charge in [-0.1, -0.05) is 18.2 Å². The van der Waals surface area contributed by atoms with Crippen LogP contribution in [-0.4, -0.2) is 10.1 Å². The summed E-state index contributed by atoms with van der Waals surface area (Å²) in [4.78, 5) is 3.86. The van der Waals surface area contributed by atoms with Gasteiger partial charge in [-0.25, -0.2) is 4.39 Å². The molecule has 1 aromatic heterocycles. The van der Waals surface area contributed by atoms with E-state index in [1.807, 2.05) is 0 Å². The van der Waals surface area contributed by atoms with Gasteiger partial charge in [0.2, 0.25) is 0 Å². The first kappa shape index (κ1) is 9.65. The number of aromatic hydroxyl groups is 1. The zero-order chi connectivity index (χ0) is 10.7. The largest absolute Gasteiger partial charge is 0.508 e. The summed E-state index contributed by atoms with van der Waals surface area (Å²) < 4.78 is 13.9. The maximum atomic E-state index is 13.9. The second-order valence-corrected chi connectivity index (χ2v) is 3.24. The van der Waals surface area contributed by atoms with Crippen molar-refractivity contribution in [3.8, 4) is 5.75 Å². The third-order valence-corrected chi connectivity index (χ3v) is 2.16. The maximum absolute atomic E-state index is 13.9. The van der Waals surface area contributed by atoms with E-state index in [1.54, 1.807) is 30.5 Å². The molecule has 2 nitrogen and oxygen atoms in total. The number of rotatable bonds is 2. The Morgan fingerprint density at radius 2 is 1.80 bits per heavy atom. The van der Waals surface area contributed by atoms with Gasteiger partial charge in [0.05, 0.1) is 0 Å². The molecule has 0 amide bonds. The maximum Gasteiger partial charge on any atom is 0.152 e. The number of halogens is 1. The standard InChI is InChI=1S/C12H10FNO/c13-12(10-2-1-7-14-8-10)9-3-5-11(15)6-4-9/h1-8,12,15H. The molecule has 0 saturated carbocycles.